The van der Waals surface area contributed by atoms with Crippen molar-refractivity contribution in [3.63, 3.8) is 0 Å². The summed E-state index contributed by atoms with van der Waals surface area (Å²) in [5, 5.41) is 0.686. The van der Waals surface area contributed by atoms with Gasteiger partial charge in [-0.05, 0) is 37.6 Å². The SMILES string of the molecule is COC(=O)COc1c(C)cc(SCc2sc(-c3ccc(C(F)(F)F)cc3)nc2C)c2c1CCO2. The average Bonchev–Trinajstić information content (AvgIpc) is 3.43. The Balaban J connectivity index is 1.51. The molecule has 5 nitrogen and oxygen atoms in total. The first-order valence-electron chi connectivity index (χ1n) is 10.4. The Labute approximate surface area is 203 Å². The summed E-state index contributed by atoms with van der Waals surface area (Å²) in [5.74, 6) is 1.61. The Morgan fingerprint density at radius 1 is 1.24 bits per heavy atom. The number of rotatable bonds is 7. The predicted molar refractivity (Wildman–Crippen MR) is 125 cm³/mol. The third kappa shape index (κ3) is 5.17. The van der Waals surface area contributed by atoms with Gasteiger partial charge in [0.1, 0.15) is 16.5 Å². The zero-order chi connectivity index (χ0) is 24.5. The molecule has 2 aromatic carbocycles. The van der Waals surface area contributed by atoms with Crippen LogP contribution >= 0.6 is 23.1 Å². The number of carbonyl (C=O) groups is 1. The molecule has 1 aromatic heterocycles. The molecule has 2 heterocycles. The van der Waals surface area contributed by atoms with Gasteiger partial charge in [-0.15, -0.1) is 23.1 Å². The number of hydrogen-bond acceptors (Lipinski definition) is 7. The van der Waals surface area contributed by atoms with Crippen molar-refractivity contribution in [3.05, 3.63) is 57.6 Å². The minimum Gasteiger partial charge on any atom is -0.492 e. The standard InChI is InChI=1S/C24H22F3NO4S2/c1-13-10-18(22-17(8-9-31-22)21(13)32-11-20(29)30-3)33-12-19-14(2)28-23(34-19)15-4-6-16(7-5-15)24(25,26)27/h4-7,10H,8-9,11-12H2,1-3H3. The summed E-state index contributed by atoms with van der Waals surface area (Å²) in [6.45, 7) is 4.20. The number of thioether (sulfide) groups is 1. The van der Waals surface area contributed by atoms with Gasteiger partial charge in [-0.25, -0.2) is 9.78 Å². The van der Waals surface area contributed by atoms with E-state index >= 15 is 0 Å². The second-order valence-corrected chi connectivity index (χ2v) is 9.78. The van der Waals surface area contributed by atoms with Crippen LogP contribution in [0.25, 0.3) is 10.6 Å². The minimum absolute atomic E-state index is 0.164. The fraction of sp³-hybridized carbons (Fsp3) is 0.333. The zero-order valence-corrected chi connectivity index (χ0v) is 20.4. The van der Waals surface area contributed by atoms with Crippen LogP contribution in [0.2, 0.25) is 0 Å². The highest BCUT2D eigenvalue weighted by atomic mass is 32.2. The molecule has 10 heteroatoms. The van der Waals surface area contributed by atoms with Crippen LogP contribution in [0.5, 0.6) is 11.5 Å². The topological polar surface area (TPSA) is 57.7 Å². The number of hydrogen-bond donors (Lipinski definition) is 0. The summed E-state index contributed by atoms with van der Waals surface area (Å²) >= 11 is 3.08. The summed E-state index contributed by atoms with van der Waals surface area (Å²) in [4.78, 5) is 18.1. The molecule has 0 aliphatic carbocycles. The molecule has 0 atom stereocenters. The number of esters is 1. The van der Waals surface area contributed by atoms with E-state index < -0.39 is 17.7 Å². The minimum atomic E-state index is -4.36. The fourth-order valence-corrected chi connectivity index (χ4v) is 5.93. The molecular weight excluding hydrogens is 487 g/mol. The Bertz CT molecular complexity index is 1210. The van der Waals surface area contributed by atoms with Crippen LogP contribution in [0.15, 0.2) is 35.2 Å². The molecular formula is C24H22F3NO4S2. The molecule has 0 unspecified atom stereocenters. The van der Waals surface area contributed by atoms with Crippen LogP contribution in [0.4, 0.5) is 13.2 Å². The van der Waals surface area contributed by atoms with Crippen molar-refractivity contribution in [3.8, 4) is 22.1 Å². The van der Waals surface area contributed by atoms with Crippen molar-refractivity contribution in [2.24, 2.45) is 0 Å². The lowest BCUT2D eigenvalue weighted by Crippen LogP contribution is -2.13. The van der Waals surface area contributed by atoms with Crippen LogP contribution in [-0.4, -0.2) is 31.3 Å². The van der Waals surface area contributed by atoms with Crippen molar-refractivity contribution in [1.29, 1.82) is 0 Å². The normalized spacial score (nSPS) is 12.9. The maximum atomic E-state index is 12.8. The largest absolute Gasteiger partial charge is 0.492 e. The van der Waals surface area contributed by atoms with Gasteiger partial charge in [-0.2, -0.15) is 13.2 Å². The summed E-state index contributed by atoms with van der Waals surface area (Å²) in [6.07, 6.45) is -3.67. The van der Waals surface area contributed by atoms with Gasteiger partial charge in [-0.1, -0.05) is 12.1 Å². The number of alkyl halides is 3. The second kappa shape index (κ2) is 9.87. The summed E-state index contributed by atoms with van der Waals surface area (Å²) < 4.78 is 54.8. The van der Waals surface area contributed by atoms with Gasteiger partial charge < -0.3 is 14.2 Å². The van der Waals surface area contributed by atoms with E-state index in [-0.39, 0.29) is 6.61 Å². The van der Waals surface area contributed by atoms with Gasteiger partial charge in [0.15, 0.2) is 6.61 Å². The van der Waals surface area contributed by atoms with E-state index in [1.165, 1.54) is 30.6 Å². The summed E-state index contributed by atoms with van der Waals surface area (Å²) in [7, 11) is 1.32. The molecule has 0 radical (unpaired) electrons. The Morgan fingerprint density at radius 3 is 2.65 bits per heavy atom. The fourth-order valence-electron chi connectivity index (χ4n) is 3.59. The Morgan fingerprint density at radius 2 is 1.97 bits per heavy atom. The van der Waals surface area contributed by atoms with Gasteiger partial charge in [0.05, 0.1) is 29.9 Å². The first kappa shape index (κ1) is 24.4. The lowest BCUT2D eigenvalue weighted by atomic mass is 10.1. The third-order valence-electron chi connectivity index (χ3n) is 5.35. The number of aryl methyl sites for hydroxylation is 2. The highest BCUT2D eigenvalue weighted by Crippen LogP contribution is 2.45. The molecule has 0 saturated carbocycles. The Hall–Kier alpha value is -2.72. The molecule has 0 amide bonds. The molecule has 34 heavy (non-hydrogen) atoms. The highest BCUT2D eigenvalue weighted by molar-refractivity contribution is 7.98. The van der Waals surface area contributed by atoms with E-state index in [0.29, 0.717) is 35.1 Å². The number of methoxy groups -OCH3 is 1. The van der Waals surface area contributed by atoms with Gasteiger partial charge in [0.25, 0.3) is 0 Å². The number of fused-ring (bicyclic) bond motifs is 1. The molecule has 180 valence electrons. The van der Waals surface area contributed by atoms with Crippen LogP contribution in [-0.2, 0) is 27.9 Å². The number of halogens is 3. The van der Waals surface area contributed by atoms with E-state index in [0.717, 1.165) is 44.5 Å². The quantitative estimate of drug-likeness (QED) is 0.278. The molecule has 1 aliphatic heterocycles. The molecule has 0 fully saturated rings. The van der Waals surface area contributed by atoms with Crippen molar-refractivity contribution in [2.45, 2.75) is 37.1 Å². The maximum absolute atomic E-state index is 12.8. The number of benzene rings is 2. The molecule has 1 aliphatic rings. The van der Waals surface area contributed by atoms with Gasteiger partial charge in [0, 0.05) is 28.2 Å². The molecule has 3 aromatic rings. The van der Waals surface area contributed by atoms with E-state index in [2.05, 4.69) is 9.72 Å². The zero-order valence-electron chi connectivity index (χ0n) is 18.7. The van der Waals surface area contributed by atoms with Gasteiger partial charge in [0.2, 0.25) is 0 Å². The van der Waals surface area contributed by atoms with Crippen molar-refractivity contribution in [2.75, 3.05) is 20.3 Å². The molecule has 4 rings (SSSR count). The molecule has 0 N–H and O–H groups in total. The number of thiazole rings is 1. The van der Waals surface area contributed by atoms with Crippen LogP contribution < -0.4 is 9.47 Å². The van der Waals surface area contributed by atoms with Crippen molar-refractivity contribution >= 4 is 29.1 Å². The van der Waals surface area contributed by atoms with Gasteiger partial charge >= 0.3 is 12.1 Å². The smallest absolute Gasteiger partial charge is 0.416 e. The first-order valence-corrected chi connectivity index (χ1v) is 12.2. The molecule has 0 spiro atoms. The number of nitrogens with zero attached hydrogens (tertiary/aromatic N) is 1. The van der Waals surface area contributed by atoms with Crippen LogP contribution in [0, 0.1) is 13.8 Å². The van der Waals surface area contributed by atoms with E-state index in [4.69, 9.17) is 9.47 Å². The number of ether oxygens (including phenoxy) is 3. The van der Waals surface area contributed by atoms with E-state index in [9.17, 15) is 18.0 Å². The lowest BCUT2D eigenvalue weighted by Gasteiger charge is -2.15. The van der Waals surface area contributed by atoms with E-state index in [1.807, 2.05) is 19.9 Å². The molecule has 0 bridgehead atoms. The van der Waals surface area contributed by atoms with Crippen molar-refractivity contribution < 1.29 is 32.2 Å². The summed E-state index contributed by atoms with van der Waals surface area (Å²) in [5.41, 5.74) is 2.67. The van der Waals surface area contributed by atoms with Crippen LogP contribution in [0.3, 0.4) is 0 Å². The van der Waals surface area contributed by atoms with Gasteiger partial charge in [-0.3, -0.25) is 0 Å². The highest BCUT2D eigenvalue weighted by Gasteiger charge is 2.30. The predicted octanol–water partition coefficient (Wildman–Crippen LogP) is 6.22. The molecule has 0 saturated heterocycles. The average molecular weight is 510 g/mol. The summed E-state index contributed by atoms with van der Waals surface area (Å²) in [6, 6.07) is 7.04. The number of carbonyl (C=O) groups excluding carboxylic acids is 1. The third-order valence-corrected chi connectivity index (χ3v) is 7.79. The van der Waals surface area contributed by atoms with Crippen molar-refractivity contribution in [1.82, 2.24) is 4.98 Å². The first-order chi connectivity index (χ1) is 16.2. The second-order valence-electron chi connectivity index (χ2n) is 7.68. The maximum Gasteiger partial charge on any atom is 0.416 e. The number of aromatic nitrogens is 1. The van der Waals surface area contributed by atoms with E-state index in [1.54, 1.807) is 11.8 Å². The Kier molecular flexibility index (Phi) is 7.09. The lowest BCUT2D eigenvalue weighted by molar-refractivity contribution is -0.143. The monoisotopic (exact) mass is 509 g/mol. The van der Waals surface area contributed by atoms with Crippen LogP contribution in [0.1, 0.15) is 27.3 Å².